The summed E-state index contributed by atoms with van der Waals surface area (Å²) >= 11 is 0. The fraction of sp³-hybridized carbons (Fsp3) is 0.526. The van der Waals surface area contributed by atoms with Gasteiger partial charge in [-0.25, -0.2) is 10.0 Å². The third-order valence-electron chi connectivity index (χ3n) is 5.13. The number of amidine groups is 1. The van der Waals surface area contributed by atoms with Gasteiger partial charge in [-0.1, -0.05) is 41.6 Å². The standard InChI is InChI=1S/C19H25N3O2/c1-23-15-17-11-8-14-21(17)22-18(16-9-4-2-5-10-16)20-24-19(22)12-6-3-7-13-19/h2,4-6,9-10,12,17H,3,7-8,11,13-15H2,1H3/t17-,19-/m0/s1. The van der Waals surface area contributed by atoms with E-state index in [0.29, 0.717) is 6.04 Å². The molecule has 2 atom stereocenters. The van der Waals surface area contributed by atoms with E-state index in [2.05, 4.69) is 39.5 Å². The fourth-order valence-electron chi connectivity index (χ4n) is 4.00. The molecule has 4 rings (SSSR count). The minimum atomic E-state index is -0.472. The monoisotopic (exact) mass is 327 g/mol. The zero-order valence-electron chi connectivity index (χ0n) is 14.2. The molecule has 0 N–H and O–H groups in total. The maximum absolute atomic E-state index is 6.04. The van der Waals surface area contributed by atoms with Gasteiger partial charge in [0.2, 0.25) is 5.72 Å². The van der Waals surface area contributed by atoms with Crippen LogP contribution in [0.2, 0.25) is 0 Å². The summed E-state index contributed by atoms with van der Waals surface area (Å²) in [4.78, 5) is 6.04. The van der Waals surface area contributed by atoms with Crippen LogP contribution in [0.5, 0.6) is 0 Å². The maximum Gasteiger partial charge on any atom is 0.243 e. The number of ether oxygens (including phenoxy) is 1. The zero-order valence-corrected chi connectivity index (χ0v) is 14.2. The van der Waals surface area contributed by atoms with Crippen LogP contribution in [0, 0.1) is 0 Å². The van der Waals surface area contributed by atoms with Gasteiger partial charge in [0.1, 0.15) is 0 Å². The molecule has 1 aromatic carbocycles. The highest BCUT2D eigenvalue weighted by atomic mass is 16.7. The Morgan fingerprint density at radius 1 is 1.29 bits per heavy atom. The number of benzene rings is 1. The molecule has 24 heavy (non-hydrogen) atoms. The molecule has 1 saturated heterocycles. The molecule has 0 unspecified atom stereocenters. The van der Waals surface area contributed by atoms with Gasteiger partial charge < -0.3 is 9.57 Å². The molecule has 5 nitrogen and oxygen atoms in total. The normalized spacial score (nSPS) is 30.0. The maximum atomic E-state index is 6.04. The number of methoxy groups -OCH3 is 1. The Morgan fingerprint density at radius 2 is 2.17 bits per heavy atom. The van der Waals surface area contributed by atoms with Crippen molar-refractivity contribution in [3.8, 4) is 0 Å². The van der Waals surface area contributed by atoms with Crippen molar-refractivity contribution in [1.29, 1.82) is 0 Å². The average Bonchev–Trinajstić information content (AvgIpc) is 3.21. The van der Waals surface area contributed by atoms with Gasteiger partial charge in [0, 0.05) is 25.6 Å². The molecule has 0 amide bonds. The predicted molar refractivity (Wildman–Crippen MR) is 93.2 cm³/mol. The molecule has 0 saturated carbocycles. The molecule has 1 spiro atoms. The third kappa shape index (κ3) is 2.62. The first-order valence-electron chi connectivity index (χ1n) is 8.89. The van der Waals surface area contributed by atoms with Crippen LogP contribution in [0.3, 0.4) is 0 Å². The van der Waals surface area contributed by atoms with Crippen LogP contribution in [-0.2, 0) is 9.57 Å². The second kappa shape index (κ2) is 6.57. The van der Waals surface area contributed by atoms with Crippen molar-refractivity contribution in [2.45, 2.75) is 43.9 Å². The molecule has 1 aliphatic carbocycles. The predicted octanol–water partition coefficient (Wildman–Crippen LogP) is 3.14. The summed E-state index contributed by atoms with van der Waals surface area (Å²) in [7, 11) is 1.78. The van der Waals surface area contributed by atoms with Crippen LogP contribution < -0.4 is 0 Å². The summed E-state index contributed by atoms with van der Waals surface area (Å²) in [6, 6.07) is 10.7. The summed E-state index contributed by atoms with van der Waals surface area (Å²) in [6.07, 6.45) is 9.92. The van der Waals surface area contributed by atoms with Crippen LogP contribution in [0.25, 0.3) is 0 Å². The topological polar surface area (TPSA) is 37.3 Å². The van der Waals surface area contributed by atoms with Gasteiger partial charge in [0.15, 0.2) is 5.84 Å². The molecular weight excluding hydrogens is 302 g/mol. The first kappa shape index (κ1) is 15.7. The van der Waals surface area contributed by atoms with Crippen molar-refractivity contribution in [1.82, 2.24) is 10.0 Å². The largest absolute Gasteiger partial charge is 0.383 e. The van der Waals surface area contributed by atoms with Gasteiger partial charge in [-0.15, -0.1) is 0 Å². The Bertz CT molecular complexity index is 631. The smallest absolute Gasteiger partial charge is 0.243 e. The summed E-state index contributed by atoms with van der Waals surface area (Å²) < 4.78 is 5.47. The van der Waals surface area contributed by atoms with E-state index >= 15 is 0 Å². The van der Waals surface area contributed by atoms with Gasteiger partial charge in [-0.2, -0.15) is 0 Å². The van der Waals surface area contributed by atoms with Crippen molar-refractivity contribution >= 4 is 5.84 Å². The van der Waals surface area contributed by atoms with Gasteiger partial charge in [-0.05, 0) is 31.8 Å². The molecule has 0 bridgehead atoms. The molecule has 2 aliphatic heterocycles. The molecule has 0 aromatic heterocycles. The number of oxime groups is 1. The molecule has 5 heteroatoms. The van der Waals surface area contributed by atoms with Crippen LogP contribution in [0.15, 0.2) is 47.6 Å². The van der Waals surface area contributed by atoms with Crippen LogP contribution >= 0.6 is 0 Å². The molecular formula is C19H25N3O2. The first-order chi connectivity index (χ1) is 11.8. The average molecular weight is 327 g/mol. The van der Waals surface area contributed by atoms with E-state index in [-0.39, 0.29) is 0 Å². The van der Waals surface area contributed by atoms with Crippen molar-refractivity contribution in [2.75, 3.05) is 20.3 Å². The number of hydrazine groups is 1. The lowest BCUT2D eigenvalue weighted by Gasteiger charge is -2.44. The van der Waals surface area contributed by atoms with E-state index in [1.165, 1.54) is 6.42 Å². The van der Waals surface area contributed by atoms with Crippen molar-refractivity contribution in [3.63, 3.8) is 0 Å². The van der Waals surface area contributed by atoms with Crippen LogP contribution in [-0.4, -0.2) is 47.9 Å². The number of rotatable bonds is 4. The summed E-state index contributed by atoms with van der Waals surface area (Å²) in [5, 5.41) is 9.23. The SMILES string of the molecule is COC[C@@H]1CCCN1N1C(c2ccccc2)=NO[C@]12C=CCCC2. The van der Waals surface area contributed by atoms with E-state index in [4.69, 9.17) is 9.57 Å². The molecule has 1 aromatic rings. The van der Waals surface area contributed by atoms with Crippen molar-refractivity contribution < 1.29 is 9.57 Å². The summed E-state index contributed by atoms with van der Waals surface area (Å²) in [5.74, 6) is 0.908. The van der Waals surface area contributed by atoms with Crippen molar-refractivity contribution in [3.05, 3.63) is 48.0 Å². The van der Waals surface area contributed by atoms with Crippen LogP contribution in [0.4, 0.5) is 0 Å². The highest BCUT2D eigenvalue weighted by molar-refractivity contribution is 5.99. The Labute approximate surface area is 143 Å². The minimum absolute atomic E-state index is 0.373. The van der Waals surface area contributed by atoms with Crippen LogP contribution in [0.1, 0.15) is 37.7 Å². The summed E-state index contributed by atoms with van der Waals surface area (Å²) in [6.45, 7) is 1.75. The van der Waals surface area contributed by atoms with Gasteiger partial charge in [0.25, 0.3) is 0 Å². The Balaban J connectivity index is 1.72. The van der Waals surface area contributed by atoms with E-state index in [9.17, 15) is 0 Å². The molecule has 1 fully saturated rings. The molecule has 0 radical (unpaired) electrons. The quantitative estimate of drug-likeness (QED) is 0.796. The van der Waals surface area contributed by atoms with E-state index < -0.39 is 5.72 Å². The lowest BCUT2D eigenvalue weighted by Crippen LogP contribution is -2.59. The second-order valence-electron chi connectivity index (χ2n) is 6.74. The number of hydrogen-bond acceptors (Lipinski definition) is 5. The van der Waals surface area contributed by atoms with Crippen molar-refractivity contribution in [2.24, 2.45) is 5.16 Å². The zero-order chi connectivity index (χ0) is 16.4. The lowest BCUT2D eigenvalue weighted by molar-refractivity contribution is -0.160. The number of nitrogens with zero attached hydrogens (tertiary/aromatic N) is 3. The number of hydrogen-bond donors (Lipinski definition) is 0. The van der Waals surface area contributed by atoms with Gasteiger partial charge in [0.05, 0.1) is 12.6 Å². The highest BCUT2D eigenvalue weighted by Crippen LogP contribution is 2.39. The highest BCUT2D eigenvalue weighted by Gasteiger charge is 2.50. The third-order valence-corrected chi connectivity index (χ3v) is 5.13. The second-order valence-corrected chi connectivity index (χ2v) is 6.74. The van der Waals surface area contributed by atoms with Gasteiger partial charge in [-0.3, -0.25) is 0 Å². The fourth-order valence-corrected chi connectivity index (χ4v) is 4.00. The van der Waals surface area contributed by atoms with E-state index in [1.807, 2.05) is 18.2 Å². The Morgan fingerprint density at radius 3 is 2.92 bits per heavy atom. The van der Waals surface area contributed by atoms with E-state index in [1.54, 1.807) is 7.11 Å². The molecule has 2 heterocycles. The Hall–Kier alpha value is -1.85. The first-order valence-corrected chi connectivity index (χ1v) is 8.89. The van der Waals surface area contributed by atoms with Gasteiger partial charge >= 0.3 is 0 Å². The summed E-state index contributed by atoms with van der Waals surface area (Å²) in [5.41, 5.74) is 0.621. The lowest BCUT2D eigenvalue weighted by atomic mass is 9.97. The minimum Gasteiger partial charge on any atom is -0.383 e. The molecule has 3 aliphatic rings. The van der Waals surface area contributed by atoms with E-state index in [0.717, 1.165) is 50.2 Å². The Kier molecular flexibility index (Phi) is 4.29. The molecule has 128 valence electrons. The number of allylic oxidation sites excluding steroid dienone is 1.